The van der Waals surface area contributed by atoms with E-state index in [1.54, 1.807) is 6.33 Å². The monoisotopic (exact) mass is 352 g/mol. The number of nitrogens with zero attached hydrogens (tertiary/aromatic N) is 2. The minimum atomic E-state index is 0.763. The lowest BCUT2D eigenvalue weighted by atomic mass is 10.1. The van der Waals surface area contributed by atoms with Crippen LogP contribution in [0.5, 0.6) is 0 Å². The molecule has 3 rings (SSSR count). The van der Waals surface area contributed by atoms with E-state index >= 15 is 0 Å². The highest BCUT2D eigenvalue weighted by Gasteiger charge is 2.00. The van der Waals surface area contributed by atoms with Gasteiger partial charge < -0.3 is 10.6 Å². The summed E-state index contributed by atoms with van der Waals surface area (Å²) in [5, 5.41) is 7.44. The van der Waals surface area contributed by atoms with Gasteiger partial charge >= 0.3 is 0 Å². The fraction of sp³-hybridized carbons (Fsp3) is 0.200. The number of nitrogens with one attached hydrogen (secondary N) is 2. The molecule has 5 heteroatoms. The van der Waals surface area contributed by atoms with E-state index in [4.69, 9.17) is 11.6 Å². The fourth-order valence-corrected chi connectivity index (χ4v) is 2.64. The Labute approximate surface area is 153 Å². The highest BCUT2D eigenvalue weighted by molar-refractivity contribution is 6.30. The van der Waals surface area contributed by atoms with Crippen LogP contribution in [-0.2, 0) is 12.8 Å². The number of rotatable bonds is 8. The summed E-state index contributed by atoms with van der Waals surface area (Å²) in [5.74, 6) is 1.66. The van der Waals surface area contributed by atoms with E-state index in [1.807, 2.05) is 36.4 Å². The second kappa shape index (κ2) is 9.04. The van der Waals surface area contributed by atoms with E-state index in [0.717, 1.165) is 42.6 Å². The van der Waals surface area contributed by atoms with Gasteiger partial charge in [-0.1, -0.05) is 54.1 Å². The molecule has 128 valence electrons. The molecular formula is C20H21ClN4. The van der Waals surface area contributed by atoms with E-state index < -0.39 is 0 Å². The Morgan fingerprint density at radius 2 is 1.28 bits per heavy atom. The molecular weight excluding hydrogens is 332 g/mol. The summed E-state index contributed by atoms with van der Waals surface area (Å²) >= 11 is 5.90. The second-order valence-corrected chi connectivity index (χ2v) is 6.19. The number of hydrogen-bond donors (Lipinski definition) is 2. The summed E-state index contributed by atoms with van der Waals surface area (Å²) in [4.78, 5) is 8.54. The summed E-state index contributed by atoms with van der Waals surface area (Å²) in [6.45, 7) is 1.65. The normalized spacial score (nSPS) is 10.4. The minimum Gasteiger partial charge on any atom is -0.370 e. The number of benzene rings is 2. The van der Waals surface area contributed by atoms with Gasteiger partial charge in [0.25, 0.3) is 0 Å². The molecule has 0 aliphatic carbocycles. The van der Waals surface area contributed by atoms with Crippen molar-refractivity contribution < 1.29 is 0 Å². The molecule has 0 bridgehead atoms. The predicted octanol–water partition coefficient (Wildman–Crippen LogP) is 4.44. The van der Waals surface area contributed by atoms with E-state index in [1.165, 1.54) is 11.1 Å². The van der Waals surface area contributed by atoms with Gasteiger partial charge in [-0.25, -0.2) is 9.97 Å². The maximum Gasteiger partial charge on any atom is 0.131 e. The van der Waals surface area contributed by atoms with E-state index in [9.17, 15) is 0 Å². The van der Waals surface area contributed by atoms with Gasteiger partial charge in [0.05, 0.1) is 0 Å². The lowest BCUT2D eigenvalue weighted by Gasteiger charge is -2.09. The van der Waals surface area contributed by atoms with Crippen molar-refractivity contribution in [1.82, 2.24) is 9.97 Å². The largest absolute Gasteiger partial charge is 0.370 e. The first-order chi connectivity index (χ1) is 12.3. The van der Waals surface area contributed by atoms with E-state index in [-0.39, 0.29) is 0 Å². The summed E-state index contributed by atoms with van der Waals surface area (Å²) in [6.07, 6.45) is 3.46. The minimum absolute atomic E-state index is 0.763. The zero-order valence-electron chi connectivity index (χ0n) is 14.0. The van der Waals surface area contributed by atoms with Crippen LogP contribution in [-0.4, -0.2) is 23.1 Å². The Morgan fingerprint density at radius 3 is 1.88 bits per heavy atom. The molecule has 0 aliphatic heterocycles. The molecule has 0 saturated carbocycles. The third kappa shape index (κ3) is 5.76. The molecule has 1 heterocycles. The molecule has 0 unspecified atom stereocenters. The van der Waals surface area contributed by atoms with Crippen LogP contribution in [0.2, 0.25) is 5.02 Å². The number of anilines is 2. The van der Waals surface area contributed by atoms with Gasteiger partial charge in [-0.05, 0) is 36.1 Å². The first-order valence-electron chi connectivity index (χ1n) is 8.38. The second-order valence-electron chi connectivity index (χ2n) is 5.75. The molecule has 0 aliphatic rings. The number of halogens is 1. The number of aromatic nitrogens is 2. The molecule has 0 fully saturated rings. The van der Waals surface area contributed by atoms with Crippen LogP contribution < -0.4 is 10.6 Å². The maximum absolute atomic E-state index is 5.90. The topological polar surface area (TPSA) is 49.8 Å². The molecule has 0 radical (unpaired) electrons. The van der Waals surface area contributed by atoms with E-state index in [0.29, 0.717) is 0 Å². The Kier molecular flexibility index (Phi) is 6.23. The van der Waals surface area contributed by atoms with Gasteiger partial charge in [0, 0.05) is 24.2 Å². The zero-order valence-corrected chi connectivity index (χ0v) is 14.7. The van der Waals surface area contributed by atoms with Crippen molar-refractivity contribution in [3.8, 4) is 0 Å². The molecule has 0 amide bonds. The Bertz CT molecular complexity index is 775. The van der Waals surface area contributed by atoms with Crippen LogP contribution in [0.1, 0.15) is 11.1 Å². The van der Waals surface area contributed by atoms with Crippen molar-refractivity contribution in [2.24, 2.45) is 0 Å². The SMILES string of the molecule is Clc1ccc(CCNc2cc(NCCc3ccccc3)ncn2)cc1. The average Bonchev–Trinajstić information content (AvgIpc) is 2.65. The maximum atomic E-state index is 5.90. The highest BCUT2D eigenvalue weighted by Crippen LogP contribution is 2.12. The van der Waals surface area contributed by atoms with Crippen LogP contribution in [0, 0.1) is 0 Å². The summed E-state index contributed by atoms with van der Waals surface area (Å²) in [5.41, 5.74) is 2.55. The third-order valence-corrected chi connectivity index (χ3v) is 4.11. The van der Waals surface area contributed by atoms with Crippen molar-refractivity contribution in [2.45, 2.75) is 12.8 Å². The van der Waals surface area contributed by atoms with Gasteiger partial charge in [-0.2, -0.15) is 0 Å². The van der Waals surface area contributed by atoms with Gasteiger partial charge in [0.1, 0.15) is 18.0 Å². The lowest BCUT2D eigenvalue weighted by molar-refractivity contribution is 0.983. The Balaban J connectivity index is 1.45. The third-order valence-electron chi connectivity index (χ3n) is 3.86. The van der Waals surface area contributed by atoms with Crippen molar-refractivity contribution >= 4 is 23.2 Å². The van der Waals surface area contributed by atoms with Crippen LogP contribution in [0.4, 0.5) is 11.6 Å². The first-order valence-corrected chi connectivity index (χ1v) is 8.75. The van der Waals surface area contributed by atoms with Crippen LogP contribution in [0.25, 0.3) is 0 Å². The smallest absolute Gasteiger partial charge is 0.131 e. The lowest BCUT2D eigenvalue weighted by Crippen LogP contribution is -2.09. The molecule has 0 atom stereocenters. The average molecular weight is 353 g/mol. The molecule has 25 heavy (non-hydrogen) atoms. The summed E-state index contributed by atoms with van der Waals surface area (Å²) in [7, 11) is 0. The number of hydrogen-bond acceptors (Lipinski definition) is 4. The van der Waals surface area contributed by atoms with Gasteiger partial charge in [-0.3, -0.25) is 0 Å². The zero-order chi connectivity index (χ0) is 17.3. The van der Waals surface area contributed by atoms with Crippen molar-refractivity contribution in [2.75, 3.05) is 23.7 Å². The Hall–Kier alpha value is -2.59. The van der Waals surface area contributed by atoms with E-state index in [2.05, 4.69) is 44.9 Å². The quantitative estimate of drug-likeness (QED) is 0.629. The molecule has 4 nitrogen and oxygen atoms in total. The van der Waals surface area contributed by atoms with Gasteiger partial charge in [0.15, 0.2) is 0 Å². The van der Waals surface area contributed by atoms with Gasteiger partial charge in [-0.15, -0.1) is 0 Å². The Morgan fingerprint density at radius 1 is 0.720 bits per heavy atom. The predicted molar refractivity (Wildman–Crippen MR) is 104 cm³/mol. The molecule has 1 aromatic heterocycles. The van der Waals surface area contributed by atoms with Crippen molar-refractivity contribution in [3.05, 3.63) is 83.1 Å². The fourth-order valence-electron chi connectivity index (χ4n) is 2.52. The van der Waals surface area contributed by atoms with Crippen molar-refractivity contribution in [1.29, 1.82) is 0 Å². The molecule has 0 saturated heterocycles. The van der Waals surface area contributed by atoms with Gasteiger partial charge in [0.2, 0.25) is 0 Å². The highest BCUT2D eigenvalue weighted by atomic mass is 35.5. The summed E-state index contributed by atoms with van der Waals surface area (Å²) in [6, 6.07) is 20.3. The standard InChI is InChI=1S/C20H21ClN4/c21-18-8-6-17(7-9-18)11-13-23-20-14-19(24-15-25-20)22-12-10-16-4-2-1-3-5-16/h1-9,14-15H,10-13H2,(H2,22,23,24,25). The molecule has 2 N–H and O–H groups in total. The molecule has 3 aromatic rings. The molecule has 0 spiro atoms. The molecule has 2 aromatic carbocycles. The van der Waals surface area contributed by atoms with Crippen molar-refractivity contribution in [3.63, 3.8) is 0 Å². The van der Waals surface area contributed by atoms with Crippen LogP contribution >= 0.6 is 11.6 Å². The summed E-state index contributed by atoms with van der Waals surface area (Å²) < 4.78 is 0. The van der Waals surface area contributed by atoms with Crippen LogP contribution in [0.15, 0.2) is 67.0 Å². The van der Waals surface area contributed by atoms with Crippen LogP contribution in [0.3, 0.4) is 0 Å². The first kappa shape index (κ1) is 17.2.